The van der Waals surface area contributed by atoms with Crippen molar-refractivity contribution in [2.75, 3.05) is 23.9 Å². The van der Waals surface area contributed by atoms with Crippen LogP contribution in [-0.4, -0.2) is 33.1 Å². The van der Waals surface area contributed by atoms with Crippen molar-refractivity contribution in [3.63, 3.8) is 0 Å². The van der Waals surface area contributed by atoms with E-state index in [4.69, 9.17) is 4.74 Å². The maximum atomic E-state index is 11.7. The monoisotopic (exact) mass is 253 g/mol. The Morgan fingerprint density at radius 1 is 1.41 bits per heavy atom. The molecule has 1 aromatic carbocycles. The average molecular weight is 253 g/mol. The minimum Gasteiger partial charge on any atom is -0.497 e. The fourth-order valence-electron chi connectivity index (χ4n) is 2.77. The predicted molar refractivity (Wildman–Crippen MR) is 66.4 cm³/mol. The Morgan fingerprint density at radius 2 is 2.24 bits per heavy atom. The van der Waals surface area contributed by atoms with Gasteiger partial charge in [0.1, 0.15) is 5.75 Å². The summed E-state index contributed by atoms with van der Waals surface area (Å²) in [7, 11) is -1.26. The summed E-state index contributed by atoms with van der Waals surface area (Å²) in [5, 5.41) is 3.41. The number of anilines is 1. The molecule has 0 aliphatic carbocycles. The molecule has 0 bridgehead atoms. The van der Waals surface area contributed by atoms with Crippen LogP contribution in [0.5, 0.6) is 5.75 Å². The number of hydrogen-bond donors (Lipinski definition) is 1. The van der Waals surface area contributed by atoms with Gasteiger partial charge in [0.25, 0.3) is 0 Å². The molecular weight excluding hydrogens is 238 g/mol. The molecule has 1 saturated heterocycles. The van der Waals surface area contributed by atoms with Gasteiger partial charge in [0.15, 0.2) is 9.84 Å². The van der Waals surface area contributed by atoms with Crippen LogP contribution in [0.25, 0.3) is 0 Å². The van der Waals surface area contributed by atoms with Gasteiger partial charge < -0.3 is 10.1 Å². The second-order valence-electron chi connectivity index (χ2n) is 4.71. The van der Waals surface area contributed by atoms with Gasteiger partial charge in [0.2, 0.25) is 0 Å². The van der Waals surface area contributed by atoms with Gasteiger partial charge in [0.05, 0.1) is 18.6 Å². The zero-order valence-corrected chi connectivity index (χ0v) is 10.5. The van der Waals surface area contributed by atoms with Crippen molar-refractivity contribution in [3.8, 4) is 5.75 Å². The number of nitrogens with one attached hydrogen (secondary N) is 1. The van der Waals surface area contributed by atoms with Crippen LogP contribution >= 0.6 is 0 Å². The van der Waals surface area contributed by atoms with Crippen molar-refractivity contribution in [1.29, 1.82) is 0 Å². The molecule has 0 amide bonds. The second kappa shape index (κ2) is 3.63. The van der Waals surface area contributed by atoms with Crippen LogP contribution in [0.4, 0.5) is 5.69 Å². The molecule has 1 aromatic rings. The standard InChI is InChI=1S/C12H15NO3S/c1-16-8-2-3-11-9(6-8)10-7-17(14,15)5-4-12(10)13-11/h2-3,6,10,12-13H,4-5,7H2,1H3. The lowest BCUT2D eigenvalue weighted by Gasteiger charge is -2.25. The van der Waals surface area contributed by atoms with Crippen LogP contribution in [0.15, 0.2) is 18.2 Å². The van der Waals surface area contributed by atoms with Crippen molar-refractivity contribution >= 4 is 15.5 Å². The fraction of sp³-hybridized carbons (Fsp3) is 0.500. The topological polar surface area (TPSA) is 55.4 Å². The van der Waals surface area contributed by atoms with E-state index in [1.807, 2.05) is 18.2 Å². The molecule has 2 heterocycles. The molecule has 4 nitrogen and oxygen atoms in total. The van der Waals surface area contributed by atoms with Gasteiger partial charge >= 0.3 is 0 Å². The molecule has 2 atom stereocenters. The summed E-state index contributed by atoms with van der Waals surface area (Å²) in [5.41, 5.74) is 2.13. The number of rotatable bonds is 1. The minimum absolute atomic E-state index is 0.0823. The molecular formula is C12H15NO3S. The number of methoxy groups -OCH3 is 1. The molecule has 17 heavy (non-hydrogen) atoms. The first-order valence-electron chi connectivity index (χ1n) is 5.74. The summed E-state index contributed by atoms with van der Waals surface area (Å²) < 4.78 is 28.6. The van der Waals surface area contributed by atoms with Crippen LogP contribution in [0.1, 0.15) is 17.9 Å². The number of fused-ring (bicyclic) bond motifs is 3. The van der Waals surface area contributed by atoms with E-state index in [9.17, 15) is 8.42 Å². The van der Waals surface area contributed by atoms with Crippen LogP contribution in [-0.2, 0) is 9.84 Å². The maximum absolute atomic E-state index is 11.7. The third-order valence-corrected chi connectivity index (χ3v) is 5.38. The molecule has 0 aromatic heterocycles. The highest BCUT2D eigenvalue weighted by atomic mass is 32.2. The molecule has 1 N–H and O–H groups in total. The molecule has 2 aliphatic heterocycles. The van der Waals surface area contributed by atoms with E-state index in [0.717, 1.165) is 17.0 Å². The van der Waals surface area contributed by atoms with Gasteiger partial charge in [-0.15, -0.1) is 0 Å². The Kier molecular flexibility index (Phi) is 2.33. The van der Waals surface area contributed by atoms with E-state index >= 15 is 0 Å². The van der Waals surface area contributed by atoms with Crippen LogP contribution in [0.2, 0.25) is 0 Å². The second-order valence-corrected chi connectivity index (χ2v) is 6.94. The number of sulfone groups is 1. The Morgan fingerprint density at radius 3 is 3.00 bits per heavy atom. The van der Waals surface area contributed by atoms with Gasteiger partial charge in [-0.2, -0.15) is 0 Å². The van der Waals surface area contributed by atoms with Crippen molar-refractivity contribution in [1.82, 2.24) is 0 Å². The lowest BCUT2D eigenvalue weighted by Crippen LogP contribution is -2.35. The number of hydrogen-bond acceptors (Lipinski definition) is 4. The summed E-state index contributed by atoms with van der Waals surface area (Å²) in [5.74, 6) is 1.42. The lowest BCUT2D eigenvalue weighted by atomic mass is 9.95. The van der Waals surface area contributed by atoms with Crippen LogP contribution in [0, 0.1) is 0 Å². The fourth-order valence-corrected chi connectivity index (χ4v) is 4.50. The molecule has 2 unspecified atom stereocenters. The highest BCUT2D eigenvalue weighted by Crippen LogP contribution is 2.42. The first-order valence-corrected chi connectivity index (χ1v) is 7.56. The zero-order valence-electron chi connectivity index (χ0n) is 9.64. The third kappa shape index (κ3) is 1.78. The molecule has 3 rings (SSSR count). The summed E-state index contributed by atoms with van der Waals surface area (Å²) in [6, 6.07) is 6.09. The predicted octanol–water partition coefficient (Wildman–Crippen LogP) is 1.39. The van der Waals surface area contributed by atoms with E-state index in [0.29, 0.717) is 12.2 Å². The first-order chi connectivity index (χ1) is 8.09. The molecule has 0 spiro atoms. The maximum Gasteiger partial charge on any atom is 0.151 e. The van der Waals surface area contributed by atoms with Crippen molar-refractivity contribution < 1.29 is 13.2 Å². The normalized spacial score (nSPS) is 29.0. The third-order valence-electron chi connectivity index (χ3n) is 3.66. The van der Waals surface area contributed by atoms with Gasteiger partial charge in [-0.05, 0) is 30.2 Å². The van der Waals surface area contributed by atoms with Gasteiger partial charge in [-0.25, -0.2) is 8.42 Å². The Balaban J connectivity index is 2.01. The van der Waals surface area contributed by atoms with Crippen molar-refractivity contribution in [2.24, 2.45) is 0 Å². The molecule has 5 heteroatoms. The number of benzene rings is 1. The van der Waals surface area contributed by atoms with E-state index in [2.05, 4.69) is 5.32 Å². The highest BCUT2D eigenvalue weighted by molar-refractivity contribution is 7.91. The van der Waals surface area contributed by atoms with Crippen molar-refractivity contribution in [2.45, 2.75) is 18.4 Å². The van der Waals surface area contributed by atoms with Gasteiger partial charge in [0, 0.05) is 17.6 Å². The molecule has 0 radical (unpaired) electrons. The summed E-state index contributed by atoms with van der Waals surface area (Å²) in [4.78, 5) is 0. The Labute approximate surface area is 101 Å². The van der Waals surface area contributed by atoms with Crippen LogP contribution in [0.3, 0.4) is 0 Å². The van der Waals surface area contributed by atoms with E-state index in [1.54, 1.807) is 7.11 Å². The minimum atomic E-state index is -2.88. The largest absolute Gasteiger partial charge is 0.497 e. The van der Waals surface area contributed by atoms with Crippen LogP contribution < -0.4 is 10.1 Å². The molecule has 0 saturated carbocycles. The number of ether oxygens (including phenoxy) is 1. The van der Waals surface area contributed by atoms with Gasteiger partial charge in [-0.1, -0.05) is 0 Å². The first kappa shape index (κ1) is 10.9. The zero-order chi connectivity index (χ0) is 12.0. The smallest absolute Gasteiger partial charge is 0.151 e. The van der Waals surface area contributed by atoms with E-state index in [-0.39, 0.29) is 17.7 Å². The lowest BCUT2D eigenvalue weighted by molar-refractivity contribution is 0.414. The Bertz CT molecular complexity index is 553. The molecule has 1 fully saturated rings. The van der Waals surface area contributed by atoms with E-state index < -0.39 is 9.84 Å². The van der Waals surface area contributed by atoms with Crippen molar-refractivity contribution in [3.05, 3.63) is 23.8 Å². The average Bonchev–Trinajstić information content (AvgIpc) is 2.65. The quantitative estimate of drug-likeness (QED) is 0.821. The van der Waals surface area contributed by atoms with E-state index in [1.165, 1.54) is 0 Å². The highest BCUT2D eigenvalue weighted by Gasteiger charge is 2.39. The SMILES string of the molecule is COc1ccc2c(c1)C1CS(=O)(=O)CCC1N2. The molecule has 2 aliphatic rings. The summed E-state index contributed by atoms with van der Waals surface area (Å²) >= 11 is 0. The van der Waals surface area contributed by atoms with Gasteiger partial charge in [-0.3, -0.25) is 0 Å². The molecule has 92 valence electrons. The summed E-state index contributed by atoms with van der Waals surface area (Å²) in [6.45, 7) is 0. The summed E-state index contributed by atoms with van der Waals surface area (Å²) in [6.07, 6.45) is 0.698. The Hall–Kier alpha value is -1.23.